The minimum Gasteiger partial charge on any atom is -0.444 e. The van der Waals surface area contributed by atoms with Gasteiger partial charge in [-0.2, -0.15) is 0 Å². The molecule has 1 aromatic carbocycles. The SMILES string of the molecule is Cc1cc(Cl)c(F)cc1-c1ccc(N(C)C2C[C@]3(C)CC[C@](C)(C2)N3C(=O)OC(C)(C)C)nn1. The molecule has 2 aromatic rings. The second-order valence-corrected chi connectivity index (χ2v) is 11.7. The van der Waals surface area contributed by atoms with Crippen LogP contribution in [0.1, 0.15) is 65.9 Å². The summed E-state index contributed by atoms with van der Waals surface area (Å²) < 4.78 is 19.8. The second-order valence-electron chi connectivity index (χ2n) is 11.3. The van der Waals surface area contributed by atoms with E-state index in [4.69, 9.17) is 16.3 Å². The highest BCUT2D eigenvalue weighted by atomic mass is 35.5. The maximum Gasteiger partial charge on any atom is 0.411 e. The fourth-order valence-electron chi connectivity index (χ4n) is 5.68. The number of piperidine rings is 1. The highest BCUT2D eigenvalue weighted by molar-refractivity contribution is 6.30. The van der Waals surface area contributed by atoms with Crippen LogP contribution in [0.4, 0.5) is 15.0 Å². The van der Waals surface area contributed by atoms with Gasteiger partial charge in [0.05, 0.1) is 10.7 Å². The van der Waals surface area contributed by atoms with E-state index >= 15 is 0 Å². The Morgan fingerprint density at radius 2 is 1.79 bits per heavy atom. The van der Waals surface area contributed by atoms with E-state index in [-0.39, 0.29) is 28.2 Å². The molecule has 0 saturated carbocycles. The summed E-state index contributed by atoms with van der Waals surface area (Å²) >= 11 is 5.89. The third-order valence-electron chi connectivity index (χ3n) is 7.31. The topological polar surface area (TPSA) is 58.6 Å². The summed E-state index contributed by atoms with van der Waals surface area (Å²) in [4.78, 5) is 17.3. The van der Waals surface area contributed by atoms with Gasteiger partial charge in [-0.3, -0.25) is 4.90 Å². The van der Waals surface area contributed by atoms with E-state index in [0.717, 1.165) is 37.1 Å². The molecule has 1 amide bonds. The average Bonchev–Trinajstić information content (AvgIpc) is 2.90. The number of amides is 1. The first kappa shape index (κ1) is 24.7. The minimum atomic E-state index is -0.528. The Kier molecular flexibility index (Phi) is 6.08. The van der Waals surface area contributed by atoms with Crippen molar-refractivity contribution in [2.45, 2.75) is 89.9 Å². The van der Waals surface area contributed by atoms with E-state index in [1.54, 1.807) is 6.07 Å². The van der Waals surface area contributed by atoms with Gasteiger partial charge in [-0.25, -0.2) is 9.18 Å². The summed E-state index contributed by atoms with van der Waals surface area (Å²) in [5.74, 6) is 0.275. The molecular formula is C26H34ClFN4O2. The predicted molar refractivity (Wildman–Crippen MR) is 133 cm³/mol. The summed E-state index contributed by atoms with van der Waals surface area (Å²) in [5, 5.41) is 8.94. The van der Waals surface area contributed by atoms with Gasteiger partial charge in [-0.05, 0) is 97.1 Å². The monoisotopic (exact) mass is 488 g/mol. The Labute approximate surface area is 206 Å². The molecule has 1 aromatic heterocycles. The number of rotatable bonds is 3. The maximum atomic E-state index is 14.0. The number of aromatic nitrogens is 2. The third kappa shape index (κ3) is 4.47. The standard InChI is InChI=1S/C26H34ClFN4O2/c1-16-12-19(27)20(28)13-18(16)21-8-9-22(30-29-21)31(7)17-14-25(5)10-11-26(6,15-17)32(25)23(33)34-24(2,3)4/h8-9,12-13,17H,10-11,14-15H2,1-7H3/t17?,25-,26+. The van der Waals surface area contributed by atoms with Crippen LogP contribution in [-0.2, 0) is 4.74 Å². The van der Waals surface area contributed by atoms with E-state index in [0.29, 0.717) is 11.3 Å². The van der Waals surface area contributed by atoms with Crippen molar-refractivity contribution in [3.8, 4) is 11.3 Å². The Morgan fingerprint density at radius 3 is 2.32 bits per heavy atom. The summed E-state index contributed by atoms with van der Waals surface area (Å²) in [7, 11) is 2.02. The fraction of sp³-hybridized carbons (Fsp3) is 0.577. The van der Waals surface area contributed by atoms with Crippen LogP contribution in [-0.4, -0.2) is 51.0 Å². The number of carbonyl (C=O) groups excluding carboxylic acids is 1. The molecule has 2 saturated heterocycles. The quantitative estimate of drug-likeness (QED) is 0.501. The summed E-state index contributed by atoms with van der Waals surface area (Å²) in [6, 6.07) is 6.98. The van der Waals surface area contributed by atoms with Crippen molar-refractivity contribution in [3.63, 3.8) is 0 Å². The number of fused-ring (bicyclic) bond motifs is 2. The zero-order valence-electron chi connectivity index (χ0n) is 21.1. The van der Waals surface area contributed by atoms with Crippen LogP contribution in [0.3, 0.4) is 0 Å². The molecule has 184 valence electrons. The molecule has 6 nitrogen and oxygen atoms in total. The number of aryl methyl sites for hydroxylation is 1. The Bertz CT molecular complexity index is 1080. The number of benzene rings is 1. The number of anilines is 1. The fourth-order valence-corrected chi connectivity index (χ4v) is 5.89. The molecule has 0 spiro atoms. The molecule has 0 radical (unpaired) electrons. The highest BCUT2D eigenvalue weighted by Gasteiger charge is 2.59. The normalized spacial score (nSPS) is 26.5. The van der Waals surface area contributed by atoms with Crippen LogP contribution in [0.2, 0.25) is 5.02 Å². The molecule has 3 atom stereocenters. The number of hydrogen-bond donors (Lipinski definition) is 0. The van der Waals surface area contributed by atoms with E-state index < -0.39 is 11.4 Å². The molecule has 2 fully saturated rings. The molecule has 2 aliphatic rings. The summed E-state index contributed by atoms with van der Waals surface area (Å²) in [5.41, 5.74) is 1.03. The van der Waals surface area contributed by atoms with Crippen LogP contribution < -0.4 is 4.90 Å². The predicted octanol–water partition coefficient (Wildman–Crippen LogP) is 6.39. The van der Waals surface area contributed by atoms with Gasteiger partial charge in [0.15, 0.2) is 5.82 Å². The molecular weight excluding hydrogens is 455 g/mol. The van der Waals surface area contributed by atoms with Crippen LogP contribution in [0.15, 0.2) is 24.3 Å². The zero-order chi connectivity index (χ0) is 25.1. The highest BCUT2D eigenvalue weighted by Crippen LogP contribution is 2.52. The van der Waals surface area contributed by atoms with Crippen molar-refractivity contribution >= 4 is 23.5 Å². The van der Waals surface area contributed by atoms with Crippen molar-refractivity contribution < 1.29 is 13.9 Å². The molecule has 2 bridgehead atoms. The Balaban J connectivity index is 1.54. The zero-order valence-corrected chi connectivity index (χ0v) is 21.8. The molecule has 34 heavy (non-hydrogen) atoms. The molecule has 3 heterocycles. The van der Waals surface area contributed by atoms with E-state index in [1.807, 2.05) is 51.8 Å². The van der Waals surface area contributed by atoms with Crippen molar-refractivity contribution in [1.29, 1.82) is 0 Å². The molecule has 4 rings (SSSR count). The van der Waals surface area contributed by atoms with Crippen molar-refractivity contribution in [1.82, 2.24) is 15.1 Å². The Morgan fingerprint density at radius 1 is 1.18 bits per heavy atom. The van der Waals surface area contributed by atoms with E-state index in [9.17, 15) is 9.18 Å². The van der Waals surface area contributed by atoms with Gasteiger partial charge >= 0.3 is 6.09 Å². The lowest BCUT2D eigenvalue weighted by atomic mass is 9.82. The smallest absolute Gasteiger partial charge is 0.411 e. The van der Waals surface area contributed by atoms with Gasteiger partial charge in [0.25, 0.3) is 0 Å². The number of hydrogen-bond acceptors (Lipinski definition) is 5. The summed E-state index contributed by atoms with van der Waals surface area (Å²) in [6.07, 6.45) is 3.30. The third-order valence-corrected chi connectivity index (χ3v) is 7.60. The minimum absolute atomic E-state index is 0.0971. The molecule has 2 aliphatic heterocycles. The Hall–Kier alpha value is -2.41. The second kappa shape index (κ2) is 8.36. The van der Waals surface area contributed by atoms with Crippen LogP contribution >= 0.6 is 11.6 Å². The number of ether oxygens (including phenoxy) is 1. The van der Waals surface area contributed by atoms with Gasteiger partial charge in [0, 0.05) is 29.7 Å². The number of carbonyl (C=O) groups is 1. The largest absolute Gasteiger partial charge is 0.444 e. The van der Waals surface area contributed by atoms with Crippen molar-refractivity contribution in [2.24, 2.45) is 0 Å². The van der Waals surface area contributed by atoms with Gasteiger partial charge < -0.3 is 9.64 Å². The molecule has 1 unspecified atom stereocenters. The first-order valence-electron chi connectivity index (χ1n) is 11.8. The molecule has 0 aliphatic carbocycles. The number of nitrogens with zero attached hydrogens (tertiary/aromatic N) is 4. The van der Waals surface area contributed by atoms with E-state index in [1.165, 1.54) is 6.07 Å². The molecule has 8 heteroatoms. The number of halogens is 2. The van der Waals surface area contributed by atoms with E-state index in [2.05, 4.69) is 28.9 Å². The van der Waals surface area contributed by atoms with Gasteiger partial charge in [-0.15, -0.1) is 10.2 Å². The van der Waals surface area contributed by atoms with Crippen LogP contribution in [0.5, 0.6) is 0 Å². The first-order valence-corrected chi connectivity index (χ1v) is 12.2. The lowest BCUT2D eigenvalue weighted by Crippen LogP contribution is -2.63. The van der Waals surface area contributed by atoms with Crippen molar-refractivity contribution in [2.75, 3.05) is 11.9 Å². The average molecular weight is 489 g/mol. The lowest BCUT2D eigenvalue weighted by molar-refractivity contribution is -0.0357. The van der Waals surface area contributed by atoms with Gasteiger partial charge in [-0.1, -0.05) is 11.6 Å². The van der Waals surface area contributed by atoms with Crippen molar-refractivity contribution in [3.05, 3.63) is 40.7 Å². The summed E-state index contributed by atoms with van der Waals surface area (Å²) in [6.45, 7) is 11.9. The van der Waals surface area contributed by atoms with Gasteiger partial charge in [0.2, 0.25) is 0 Å². The molecule has 0 N–H and O–H groups in total. The van der Waals surface area contributed by atoms with Gasteiger partial charge in [0.1, 0.15) is 11.4 Å². The van der Waals surface area contributed by atoms with Crippen LogP contribution in [0, 0.1) is 12.7 Å². The van der Waals surface area contributed by atoms with Crippen LogP contribution in [0.25, 0.3) is 11.3 Å². The maximum absolute atomic E-state index is 14.0. The lowest BCUT2D eigenvalue weighted by Gasteiger charge is -2.52. The first-order chi connectivity index (χ1) is 15.7.